The number of nitrogens with two attached hydrogens (primary N) is 1. The molecule has 31 heavy (non-hydrogen) atoms. The number of hydrogen-bond donors (Lipinski definition) is 2. The Morgan fingerprint density at radius 2 is 2.13 bits per heavy atom. The first-order valence-corrected chi connectivity index (χ1v) is 10.9. The fourth-order valence-corrected chi connectivity index (χ4v) is 4.34. The zero-order valence-corrected chi connectivity index (χ0v) is 18.1. The van der Waals surface area contributed by atoms with Crippen LogP contribution < -0.4 is 11.1 Å². The third-order valence-electron chi connectivity index (χ3n) is 5.89. The van der Waals surface area contributed by atoms with Gasteiger partial charge in [0.15, 0.2) is 0 Å². The summed E-state index contributed by atoms with van der Waals surface area (Å²) < 4.78 is 24.2. The molecule has 2 saturated heterocycles. The summed E-state index contributed by atoms with van der Waals surface area (Å²) in [5.74, 6) is -0.684. The van der Waals surface area contributed by atoms with E-state index in [1.807, 2.05) is 0 Å². The van der Waals surface area contributed by atoms with E-state index in [1.165, 1.54) is 19.2 Å². The highest BCUT2D eigenvalue weighted by Gasteiger charge is 2.42. The highest BCUT2D eigenvalue weighted by molar-refractivity contribution is 5.88. The monoisotopic (exact) mass is 436 g/mol. The van der Waals surface area contributed by atoms with Gasteiger partial charge in [-0.05, 0) is 37.0 Å². The number of benzene rings is 1. The van der Waals surface area contributed by atoms with Crippen LogP contribution in [0.4, 0.5) is 4.39 Å². The van der Waals surface area contributed by atoms with E-state index >= 15 is 0 Å². The van der Waals surface area contributed by atoms with Crippen molar-refractivity contribution in [2.24, 2.45) is 5.73 Å². The number of methoxy groups -OCH3 is 1. The highest BCUT2D eigenvalue weighted by Crippen LogP contribution is 2.26. The van der Waals surface area contributed by atoms with Crippen LogP contribution in [-0.2, 0) is 25.6 Å². The molecule has 3 rings (SSSR count). The van der Waals surface area contributed by atoms with Gasteiger partial charge in [0, 0.05) is 52.5 Å². The van der Waals surface area contributed by atoms with E-state index in [0.29, 0.717) is 39.1 Å². The molecule has 2 fully saturated rings. The van der Waals surface area contributed by atoms with Crippen molar-refractivity contribution in [3.05, 3.63) is 35.6 Å². The molecule has 0 radical (unpaired) electrons. The third-order valence-corrected chi connectivity index (χ3v) is 5.89. The van der Waals surface area contributed by atoms with Gasteiger partial charge >= 0.3 is 0 Å². The van der Waals surface area contributed by atoms with Gasteiger partial charge in [0.2, 0.25) is 11.8 Å². The lowest BCUT2D eigenvalue weighted by Crippen LogP contribution is -2.48. The van der Waals surface area contributed by atoms with Gasteiger partial charge in [0.1, 0.15) is 18.5 Å². The van der Waals surface area contributed by atoms with Gasteiger partial charge in [-0.25, -0.2) is 4.39 Å². The number of rotatable bonds is 10. The standard InChI is InChI=1S/C22H33FN4O4/c1-30-15-21(28)27-13-18(11-20(27)22(29)25-9-8-24)26(14-19-3-2-10-31-19)12-16-4-6-17(23)7-5-16/h4-7,18-20H,2-3,8-15,24H2,1H3,(H,25,29). The maximum atomic E-state index is 13.4. The van der Waals surface area contributed by atoms with E-state index in [9.17, 15) is 14.0 Å². The normalized spacial score (nSPS) is 23.5. The van der Waals surface area contributed by atoms with Gasteiger partial charge in [0.05, 0.1) is 6.10 Å². The summed E-state index contributed by atoms with van der Waals surface area (Å²) in [7, 11) is 1.47. The van der Waals surface area contributed by atoms with E-state index < -0.39 is 6.04 Å². The van der Waals surface area contributed by atoms with Crippen LogP contribution in [-0.4, -0.2) is 86.3 Å². The fraction of sp³-hybridized carbons (Fsp3) is 0.636. The van der Waals surface area contributed by atoms with Gasteiger partial charge < -0.3 is 25.4 Å². The van der Waals surface area contributed by atoms with Crippen LogP contribution in [0.25, 0.3) is 0 Å². The zero-order chi connectivity index (χ0) is 22.2. The van der Waals surface area contributed by atoms with Crippen molar-refractivity contribution >= 4 is 11.8 Å². The predicted molar refractivity (Wildman–Crippen MR) is 114 cm³/mol. The fourth-order valence-electron chi connectivity index (χ4n) is 4.34. The third kappa shape index (κ3) is 6.46. The Morgan fingerprint density at radius 3 is 2.77 bits per heavy atom. The van der Waals surface area contributed by atoms with Crippen LogP contribution >= 0.6 is 0 Å². The van der Waals surface area contributed by atoms with E-state index in [1.54, 1.807) is 17.0 Å². The summed E-state index contributed by atoms with van der Waals surface area (Å²) in [6.45, 7) is 3.10. The molecule has 2 aliphatic rings. The number of amides is 2. The summed E-state index contributed by atoms with van der Waals surface area (Å²) in [4.78, 5) is 29.3. The summed E-state index contributed by atoms with van der Waals surface area (Å²) in [6, 6.07) is 5.85. The van der Waals surface area contributed by atoms with Crippen LogP contribution in [0, 0.1) is 5.82 Å². The smallest absolute Gasteiger partial charge is 0.249 e. The van der Waals surface area contributed by atoms with Crippen molar-refractivity contribution in [2.45, 2.75) is 44.0 Å². The number of carbonyl (C=O) groups excluding carboxylic acids is 2. The summed E-state index contributed by atoms with van der Waals surface area (Å²) >= 11 is 0. The molecule has 1 aromatic carbocycles. The first kappa shape index (κ1) is 23.6. The molecule has 1 aromatic rings. The van der Waals surface area contributed by atoms with Crippen molar-refractivity contribution in [1.29, 1.82) is 0 Å². The summed E-state index contributed by atoms with van der Waals surface area (Å²) in [5.41, 5.74) is 6.49. The largest absolute Gasteiger partial charge is 0.377 e. The molecule has 3 unspecified atom stereocenters. The van der Waals surface area contributed by atoms with Gasteiger partial charge in [0.25, 0.3) is 0 Å². The molecule has 3 N–H and O–H groups in total. The van der Waals surface area contributed by atoms with Gasteiger partial charge in [-0.15, -0.1) is 0 Å². The van der Waals surface area contributed by atoms with Crippen LogP contribution in [0.2, 0.25) is 0 Å². The quantitative estimate of drug-likeness (QED) is 0.554. The molecule has 0 spiro atoms. The summed E-state index contributed by atoms with van der Waals surface area (Å²) in [5, 5.41) is 2.81. The Balaban J connectivity index is 1.77. The molecule has 2 amide bonds. The maximum absolute atomic E-state index is 13.4. The Hall–Kier alpha value is -2.07. The van der Waals surface area contributed by atoms with E-state index in [4.69, 9.17) is 15.2 Å². The Kier molecular flexibility index (Phi) is 8.77. The molecular formula is C22H33FN4O4. The van der Waals surface area contributed by atoms with Crippen molar-refractivity contribution in [2.75, 3.05) is 46.5 Å². The Bertz CT molecular complexity index is 727. The van der Waals surface area contributed by atoms with E-state index in [0.717, 1.165) is 25.0 Å². The lowest BCUT2D eigenvalue weighted by Gasteiger charge is -2.31. The van der Waals surface area contributed by atoms with Crippen LogP contribution in [0.1, 0.15) is 24.8 Å². The Labute approximate surface area is 182 Å². The molecule has 0 aromatic heterocycles. The number of carbonyl (C=O) groups is 2. The number of likely N-dealkylation sites (tertiary alicyclic amines) is 1. The number of hydrogen-bond acceptors (Lipinski definition) is 6. The topological polar surface area (TPSA) is 97.1 Å². The molecular weight excluding hydrogens is 403 g/mol. The Morgan fingerprint density at radius 1 is 1.35 bits per heavy atom. The lowest BCUT2D eigenvalue weighted by atomic mass is 10.1. The van der Waals surface area contributed by atoms with Crippen molar-refractivity contribution in [3.8, 4) is 0 Å². The molecule has 2 heterocycles. The SMILES string of the molecule is COCC(=O)N1CC(N(Cc2ccc(F)cc2)CC2CCCO2)CC1C(=O)NCCN. The van der Waals surface area contributed by atoms with Crippen LogP contribution in [0.15, 0.2) is 24.3 Å². The second-order valence-electron chi connectivity index (χ2n) is 8.16. The maximum Gasteiger partial charge on any atom is 0.249 e. The number of halogens is 1. The van der Waals surface area contributed by atoms with Gasteiger partial charge in [-0.3, -0.25) is 14.5 Å². The van der Waals surface area contributed by atoms with Gasteiger partial charge in [-0.2, -0.15) is 0 Å². The first-order chi connectivity index (χ1) is 15.0. The predicted octanol–water partition coefficient (Wildman–Crippen LogP) is 0.498. The second kappa shape index (κ2) is 11.5. The van der Waals surface area contributed by atoms with Crippen molar-refractivity contribution < 1.29 is 23.5 Å². The van der Waals surface area contributed by atoms with Crippen molar-refractivity contribution in [3.63, 3.8) is 0 Å². The highest BCUT2D eigenvalue weighted by atomic mass is 19.1. The second-order valence-corrected chi connectivity index (χ2v) is 8.16. The summed E-state index contributed by atoms with van der Waals surface area (Å²) in [6.07, 6.45) is 2.65. The van der Waals surface area contributed by atoms with E-state index in [-0.39, 0.29) is 36.4 Å². The minimum absolute atomic E-state index is 0.0244. The number of ether oxygens (including phenoxy) is 2. The molecule has 172 valence electrons. The molecule has 3 atom stereocenters. The first-order valence-electron chi connectivity index (χ1n) is 10.9. The molecule has 0 saturated carbocycles. The zero-order valence-electron chi connectivity index (χ0n) is 18.1. The number of nitrogens with zero attached hydrogens (tertiary/aromatic N) is 2. The average molecular weight is 437 g/mol. The van der Waals surface area contributed by atoms with Crippen molar-refractivity contribution in [1.82, 2.24) is 15.1 Å². The van der Waals surface area contributed by atoms with Crippen LogP contribution in [0.3, 0.4) is 0 Å². The molecule has 2 aliphatic heterocycles. The molecule has 0 bridgehead atoms. The minimum Gasteiger partial charge on any atom is -0.377 e. The molecule has 9 heteroatoms. The average Bonchev–Trinajstić information content (AvgIpc) is 3.43. The van der Waals surface area contributed by atoms with Crippen LogP contribution in [0.5, 0.6) is 0 Å². The molecule has 0 aliphatic carbocycles. The lowest BCUT2D eigenvalue weighted by molar-refractivity contribution is -0.141. The van der Waals surface area contributed by atoms with E-state index in [2.05, 4.69) is 10.2 Å². The van der Waals surface area contributed by atoms with Gasteiger partial charge in [-0.1, -0.05) is 12.1 Å². The number of nitrogens with one attached hydrogen (secondary N) is 1. The molecule has 8 nitrogen and oxygen atoms in total. The minimum atomic E-state index is -0.570.